The van der Waals surface area contributed by atoms with Crippen LogP contribution in [0.3, 0.4) is 0 Å². The van der Waals surface area contributed by atoms with E-state index < -0.39 is 0 Å². The molecule has 18 heavy (non-hydrogen) atoms. The number of H-pyrrole nitrogens is 1. The van der Waals surface area contributed by atoms with Crippen molar-refractivity contribution >= 4 is 5.91 Å². The lowest BCUT2D eigenvalue weighted by Gasteiger charge is -2.04. The first kappa shape index (κ1) is 11.0. The van der Waals surface area contributed by atoms with Crippen LogP contribution in [0.25, 0.3) is 11.3 Å². The van der Waals surface area contributed by atoms with Gasteiger partial charge in [-0.3, -0.25) is 9.89 Å². The van der Waals surface area contributed by atoms with Crippen LogP contribution in [0.2, 0.25) is 0 Å². The van der Waals surface area contributed by atoms with E-state index in [2.05, 4.69) is 15.5 Å². The Labute approximate surface area is 105 Å². The van der Waals surface area contributed by atoms with Gasteiger partial charge in [-0.25, -0.2) is 0 Å². The second-order valence-corrected chi connectivity index (χ2v) is 4.68. The smallest absolute Gasteiger partial charge is 0.255 e. The molecule has 0 radical (unpaired) electrons. The number of aromatic amines is 1. The Hall–Kier alpha value is -2.10. The summed E-state index contributed by atoms with van der Waals surface area (Å²) < 4.78 is 0. The molecule has 3 rings (SSSR count). The van der Waals surface area contributed by atoms with E-state index in [9.17, 15) is 4.79 Å². The van der Waals surface area contributed by atoms with Gasteiger partial charge in [-0.05, 0) is 18.8 Å². The number of nitrogens with zero attached hydrogens (tertiary/aromatic N) is 1. The van der Waals surface area contributed by atoms with Gasteiger partial charge in [-0.1, -0.05) is 30.3 Å². The third-order valence-corrected chi connectivity index (χ3v) is 3.19. The zero-order valence-electron chi connectivity index (χ0n) is 10.0. The van der Waals surface area contributed by atoms with Gasteiger partial charge in [0.05, 0.1) is 17.5 Å². The van der Waals surface area contributed by atoms with Gasteiger partial charge in [-0.2, -0.15) is 5.10 Å². The second-order valence-electron chi connectivity index (χ2n) is 4.68. The molecule has 1 aromatic heterocycles. The van der Waals surface area contributed by atoms with E-state index >= 15 is 0 Å². The Morgan fingerprint density at radius 3 is 2.83 bits per heavy atom. The first-order chi connectivity index (χ1) is 8.84. The van der Waals surface area contributed by atoms with Crippen molar-refractivity contribution in [3.8, 4) is 11.3 Å². The molecule has 0 atom stereocenters. The average molecular weight is 241 g/mol. The van der Waals surface area contributed by atoms with Gasteiger partial charge in [0.25, 0.3) is 5.91 Å². The monoisotopic (exact) mass is 241 g/mol. The Morgan fingerprint density at radius 2 is 2.11 bits per heavy atom. The highest BCUT2D eigenvalue weighted by Crippen LogP contribution is 2.28. The van der Waals surface area contributed by atoms with Crippen molar-refractivity contribution in [1.29, 1.82) is 0 Å². The van der Waals surface area contributed by atoms with Crippen LogP contribution in [0, 0.1) is 5.92 Å². The van der Waals surface area contributed by atoms with Crippen molar-refractivity contribution in [1.82, 2.24) is 15.5 Å². The minimum atomic E-state index is -0.0468. The van der Waals surface area contributed by atoms with E-state index in [0.29, 0.717) is 11.5 Å². The molecule has 0 saturated heterocycles. The number of aromatic nitrogens is 2. The summed E-state index contributed by atoms with van der Waals surface area (Å²) in [6, 6.07) is 9.77. The molecule has 1 amide bonds. The third-order valence-electron chi connectivity index (χ3n) is 3.19. The van der Waals surface area contributed by atoms with E-state index in [1.165, 1.54) is 12.8 Å². The van der Waals surface area contributed by atoms with E-state index in [0.717, 1.165) is 17.8 Å². The number of carbonyl (C=O) groups excluding carboxylic acids is 1. The minimum Gasteiger partial charge on any atom is -0.352 e. The van der Waals surface area contributed by atoms with Crippen LogP contribution in [0.4, 0.5) is 0 Å². The Kier molecular flexibility index (Phi) is 2.84. The Morgan fingerprint density at radius 1 is 1.33 bits per heavy atom. The molecular formula is C14H15N3O. The molecule has 4 heteroatoms. The number of amides is 1. The summed E-state index contributed by atoms with van der Waals surface area (Å²) in [4.78, 5) is 12.1. The van der Waals surface area contributed by atoms with Crippen molar-refractivity contribution in [2.24, 2.45) is 5.92 Å². The molecule has 0 spiro atoms. The zero-order valence-corrected chi connectivity index (χ0v) is 10.0. The topological polar surface area (TPSA) is 57.8 Å². The summed E-state index contributed by atoms with van der Waals surface area (Å²) in [7, 11) is 0. The molecule has 1 aliphatic rings. The highest BCUT2D eigenvalue weighted by molar-refractivity contribution is 5.99. The molecule has 1 heterocycles. The lowest BCUT2D eigenvalue weighted by molar-refractivity contribution is 0.0952. The Balaban J connectivity index is 1.80. The summed E-state index contributed by atoms with van der Waals surface area (Å²) in [5.74, 6) is 0.635. The SMILES string of the molecule is O=C(NCC1CC1)c1cn[nH]c1-c1ccccc1. The van der Waals surface area contributed by atoms with Crippen molar-refractivity contribution in [2.45, 2.75) is 12.8 Å². The molecule has 0 aliphatic heterocycles. The quantitative estimate of drug-likeness (QED) is 0.862. The normalized spacial score (nSPS) is 14.4. The average Bonchev–Trinajstić information content (AvgIpc) is 3.11. The Bertz CT molecular complexity index is 543. The molecule has 1 aliphatic carbocycles. The van der Waals surface area contributed by atoms with Crippen molar-refractivity contribution in [3.63, 3.8) is 0 Å². The third kappa shape index (κ3) is 2.27. The van der Waals surface area contributed by atoms with Gasteiger partial charge < -0.3 is 5.32 Å². The van der Waals surface area contributed by atoms with Crippen molar-refractivity contribution in [2.75, 3.05) is 6.54 Å². The maximum absolute atomic E-state index is 12.1. The van der Waals surface area contributed by atoms with Crippen LogP contribution in [-0.4, -0.2) is 22.6 Å². The molecule has 1 saturated carbocycles. The van der Waals surface area contributed by atoms with Crippen LogP contribution >= 0.6 is 0 Å². The molecule has 2 N–H and O–H groups in total. The van der Waals surface area contributed by atoms with Crippen molar-refractivity contribution in [3.05, 3.63) is 42.1 Å². The molecule has 1 aromatic carbocycles. The summed E-state index contributed by atoms with van der Waals surface area (Å²) >= 11 is 0. The van der Waals surface area contributed by atoms with E-state index in [4.69, 9.17) is 0 Å². The molecule has 0 bridgehead atoms. The number of hydrogen-bond donors (Lipinski definition) is 2. The standard InChI is InChI=1S/C14H15N3O/c18-14(15-8-10-6-7-10)12-9-16-17-13(12)11-4-2-1-3-5-11/h1-5,9-10H,6-8H2,(H,15,18)(H,16,17). The lowest BCUT2D eigenvalue weighted by Crippen LogP contribution is -2.25. The predicted molar refractivity (Wildman–Crippen MR) is 69.1 cm³/mol. The number of nitrogens with one attached hydrogen (secondary N) is 2. The van der Waals surface area contributed by atoms with E-state index in [-0.39, 0.29) is 5.91 Å². The maximum Gasteiger partial charge on any atom is 0.255 e. The van der Waals surface area contributed by atoms with Gasteiger partial charge in [-0.15, -0.1) is 0 Å². The highest BCUT2D eigenvalue weighted by atomic mass is 16.1. The zero-order chi connectivity index (χ0) is 12.4. The molecule has 2 aromatic rings. The van der Waals surface area contributed by atoms with Crippen LogP contribution in [-0.2, 0) is 0 Å². The highest BCUT2D eigenvalue weighted by Gasteiger charge is 2.23. The van der Waals surface area contributed by atoms with Gasteiger partial charge in [0.2, 0.25) is 0 Å². The first-order valence-corrected chi connectivity index (χ1v) is 6.21. The fourth-order valence-electron chi connectivity index (χ4n) is 1.94. The molecular weight excluding hydrogens is 226 g/mol. The summed E-state index contributed by atoms with van der Waals surface area (Å²) in [6.45, 7) is 0.776. The van der Waals surface area contributed by atoms with Gasteiger partial charge >= 0.3 is 0 Å². The minimum absolute atomic E-state index is 0.0468. The number of hydrogen-bond acceptors (Lipinski definition) is 2. The molecule has 4 nitrogen and oxygen atoms in total. The molecule has 0 unspecified atom stereocenters. The van der Waals surface area contributed by atoms with Crippen LogP contribution < -0.4 is 5.32 Å². The summed E-state index contributed by atoms with van der Waals surface area (Å²) in [5, 5.41) is 9.83. The first-order valence-electron chi connectivity index (χ1n) is 6.21. The molecule has 92 valence electrons. The van der Waals surface area contributed by atoms with Crippen LogP contribution in [0.15, 0.2) is 36.5 Å². The molecule has 1 fully saturated rings. The van der Waals surface area contributed by atoms with Crippen LogP contribution in [0.1, 0.15) is 23.2 Å². The van der Waals surface area contributed by atoms with Gasteiger partial charge in [0.15, 0.2) is 0 Å². The predicted octanol–water partition coefficient (Wildman–Crippen LogP) is 2.22. The fraction of sp³-hybridized carbons (Fsp3) is 0.286. The fourth-order valence-corrected chi connectivity index (χ4v) is 1.94. The van der Waals surface area contributed by atoms with Crippen LogP contribution in [0.5, 0.6) is 0 Å². The second kappa shape index (κ2) is 4.64. The number of rotatable bonds is 4. The lowest BCUT2D eigenvalue weighted by atomic mass is 10.1. The van der Waals surface area contributed by atoms with Crippen molar-refractivity contribution < 1.29 is 4.79 Å². The number of carbonyl (C=O) groups is 1. The maximum atomic E-state index is 12.1. The largest absolute Gasteiger partial charge is 0.352 e. The summed E-state index contributed by atoms with van der Waals surface area (Å²) in [5.41, 5.74) is 2.37. The number of benzene rings is 1. The van der Waals surface area contributed by atoms with E-state index in [1.807, 2.05) is 30.3 Å². The summed E-state index contributed by atoms with van der Waals surface area (Å²) in [6.07, 6.45) is 4.05. The van der Waals surface area contributed by atoms with Gasteiger partial charge in [0, 0.05) is 12.1 Å². The van der Waals surface area contributed by atoms with Gasteiger partial charge in [0.1, 0.15) is 0 Å². The van der Waals surface area contributed by atoms with E-state index in [1.54, 1.807) is 6.20 Å².